The number of benzene rings is 2. The summed E-state index contributed by atoms with van der Waals surface area (Å²) in [6.45, 7) is 6.68. The normalized spacial score (nSPS) is 11.6. The maximum atomic E-state index is 13.0. The van der Waals surface area contributed by atoms with Gasteiger partial charge in [0.2, 0.25) is 5.91 Å². The van der Waals surface area contributed by atoms with Crippen LogP contribution < -0.4 is 10.1 Å². The molecule has 0 saturated heterocycles. The summed E-state index contributed by atoms with van der Waals surface area (Å²) in [5.41, 5.74) is 2.09. The third kappa shape index (κ3) is 7.54. The zero-order valence-corrected chi connectivity index (χ0v) is 18.9. The first-order valence-corrected chi connectivity index (χ1v) is 10.7. The minimum atomic E-state index is -0.589. The minimum absolute atomic E-state index is 0.125. The molecule has 0 aliphatic carbocycles. The van der Waals surface area contributed by atoms with Crippen molar-refractivity contribution >= 4 is 27.7 Å². The minimum Gasteiger partial charge on any atom is -0.484 e. The molecule has 0 fully saturated rings. The van der Waals surface area contributed by atoms with E-state index in [1.165, 1.54) is 0 Å². The van der Waals surface area contributed by atoms with E-state index in [9.17, 15) is 9.59 Å². The van der Waals surface area contributed by atoms with Gasteiger partial charge in [0.25, 0.3) is 5.91 Å². The van der Waals surface area contributed by atoms with Crippen LogP contribution in [0.4, 0.5) is 0 Å². The van der Waals surface area contributed by atoms with Crippen LogP contribution in [0.2, 0.25) is 0 Å². The average Bonchev–Trinajstić information content (AvgIpc) is 2.71. The summed E-state index contributed by atoms with van der Waals surface area (Å²) in [5.74, 6) is 0.229. The highest BCUT2D eigenvalue weighted by Gasteiger charge is 2.26. The Labute approximate surface area is 181 Å². The van der Waals surface area contributed by atoms with Gasteiger partial charge in [-0.3, -0.25) is 9.59 Å². The van der Waals surface area contributed by atoms with E-state index < -0.39 is 6.04 Å². The molecule has 2 aromatic carbocycles. The van der Waals surface area contributed by atoms with Gasteiger partial charge in [-0.05, 0) is 50.1 Å². The standard InChI is InChI=1S/C23H29BrN2O3/c1-4-5-13-25-23(28)18(3)26(15-19-8-6-7-17(2)14-19)22(27)16-29-21-11-9-20(24)10-12-21/h6-12,14,18H,4-5,13,15-16H2,1-3H3,(H,25,28). The molecule has 1 atom stereocenters. The third-order valence-electron chi connectivity index (χ3n) is 4.61. The maximum Gasteiger partial charge on any atom is 0.261 e. The second-order valence-electron chi connectivity index (χ2n) is 7.07. The molecule has 0 aromatic heterocycles. The zero-order valence-electron chi connectivity index (χ0n) is 17.3. The number of ether oxygens (including phenoxy) is 1. The molecule has 0 aliphatic rings. The summed E-state index contributed by atoms with van der Waals surface area (Å²) in [4.78, 5) is 27.1. The smallest absolute Gasteiger partial charge is 0.261 e. The van der Waals surface area contributed by atoms with Crippen molar-refractivity contribution in [1.82, 2.24) is 10.2 Å². The highest BCUT2D eigenvalue weighted by Crippen LogP contribution is 2.17. The number of rotatable bonds is 10. The number of nitrogens with zero attached hydrogens (tertiary/aromatic N) is 1. The summed E-state index contributed by atoms with van der Waals surface area (Å²) in [6.07, 6.45) is 1.92. The van der Waals surface area contributed by atoms with E-state index in [2.05, 4.69) is 28.2 Å². The van der Waals surface area contributed by atoms with Crippen molar-refractivity contribution in [2.75, 3.05) is 13.2 Å². The van der Waals surface area contributed by atoms with Gasteiger partial charge in [0, 0.05) is 17.6 Å². The topological polar surface area (TPSA) is 58.6 Å². The molecule has 2 rings (SSSR count). The lowest BCUT2D eigenvalue weighted by Crippen LogP contribution is -2.49. The van der Waals surface area contributed by atoms with Crippen molar-refractivity contribution in [3.63, 3.8) is 0 Å². The number of carbonyl (C=O) groups is 2. The Morgan fingerprint density at radius 1 is 1.17 bits per heavy atom. The Morgan fingerprint density at radius 3 is 2.55 bits per heavy atom. The Kier molecular flexibility index (Phi) is 9.19. The number of amides is 2. The van der Waals surface area contributed by atoms with Crippen LogP contribution in [0.3, 0.4) is 0 Å². The quantitative estimate of drug-likeness (QED) is 0.532. The molecule has 0 radical (unpaired) electrons. The second-order valence-corrected chi connectivity index (χ2v) is 7.99. The fourth-order valence-electron chi connectivity index (χ4n) is 2.88. The van der Waals surface area contributed by atoms with Crippen LogP contribution in [0.5, 0.6) is 5.75 Å². The van der Waals surface area contributed by atoms with E-state index in [1.54, 1.807) is 24.0 Å². The van der Waals surface area contributed by atoms with Gasteiger partial charge in [-0.15, -0.1) is 0 Å². The number of carbonyl (C=O) groups excluding carboxylic acids is 2. The summed E-state index contributed by atoms with van der Waals surface area (Å²) in [6, 6.07) is 14.7. The highest BCUT2D eigenvalue weighted by atomic mass is 79.9. The predicted octanol–water partition coefficient (Wildman–Crippen LogP) is 4.47. The molecule has 2 amide bonds. The van der Waals surface area contributed by atoms with Crippen LogP contribution in [0.25, 0.3) is 0 Å². The summed E-state index contributed by atoms with van der Waals surface area (Å²) in [5, 5.41) is 2.92. The molecule has 0 spiro atoms. The van der Waals surface area contributed by atoms with Crippen LogP contribution in [0, 0.1) is 6.92 Å². The molecule has 0 aliphatic heterocycles. The molecule has 2 aromatic rings. The van der Waals surface area contributed by atoms with Gasteiger partial charge >= 0.3 is 0 Å². The van der Waals surface area contributed by atoms with E-state index in [0.29, 0.717) is 18.8 Å². The van der Waals surface area contributed by atoms with Gasteiger partial charge < -0.3 is 15.0 Å². The molecule has 29 heavy (non-hydrogen) atoms. The first-order valence-electron chi connectivity index (χ1n) is 9.91. The van der Waals surface area contributed by atoms with Gasteiger partial charge in [0.05, 0.1) is 0 Å². The highest BCUT2D eigenvalue weighted by molar-refractivity contribution is 9.10. The fourth-order valence-corrected chi connectivity index (χ4v) is 3.15. The van der Waals surface area contributed by atoms with E-state index in [-0.39, 0.29) is 18.4 Å². The maximum absolute atomic E-state index is 13.0. The Morgan fingerprint density at radius 2 is 1.90 bits per heavy atom. The Balaban J connectivity index is 2.10. The molecule has 6 heteroatoms. The Hall–Kier alpha value is -2.34. The number of nitrogens with one attached hydrogen (secondary N) is 1. The number of unbranched alkanes of at least 4 members (excludes halogenated alkanes) is 1. The van der Waals surface area contributed by atoms with Gasteiger partial charge in [-0.2, -0.15) is 0 Å². The first-order chi connectivity index (χ1) is 13.9. The van der Waals surface area contributed by atoms with E-state index in [4.69, 9.17) is 4.74 Å². The van der Waals surface area contributed by atoms with E-state index in [1.807, 2.05) is 43.3 Å². The van der Waals surface area contributed by atoms with Crippen LogP contribution in [-0.2, 0) is 16.1 Å². The first kappa shape index (κ1) is 22.9. The molecule has 156 valence electrons. The number of hydrogen-bond donors (Lipinski definition) is 1. The molecule has 0 heterocycles. The molecule has 1 unspecified atom stereocenters. The van der Waals surface area contributed by atoms with Gasteiger partial charge in [0.15, 0.2) is 6.61 Å². The monoisotopic (exact) mass is 460 g/mol. The van der Waals surface area contributed by atoms with Crippen molar-refractivity contribution in [3.05, 3.63) is 64.1 Å². The molecule has 0 bridgehead atoms. The zero-order chi connectivity index (χ0) is 21.2. The third-order valence-corrected chi connectivity index (χ3v) is 5.14. The summed E-state index contributed by atoms with van der Waals surface area (Å²) in [7, 11) is 0. The molecular formula is C23H29BrN2O3. The van der Waals surface area contributed by atoms with Crippen molar-refractivity contribution < 1.29 is 14.3 Å². The van der Waals surface area contributed by atoms with Crippen LogP contribution in [0.1, 0.15) is 37.8 Å². The summed E-state index contributed by atoms with van der Waals surface area (Å²) >= 11 is 3.38. The van der Waals surface area contributed by atoms with Gasteiger partial charge in [-0.1, -0.05) is 59.1 Å². The number of aryl methyl sites for hydroxylation is 1. The lowest BCUT2D eigenvalue weighted by atomic mass is 10.1. The lowest BCUT2D eigenvalue weighted by Gasteiger charge is -2.29. The van der Waals surface area contributed by atoms with E-state index >= 15 is 0 Å². The van der Waals surface area contributed by atoms with Crippen molar-refractivity contribution in [1.29, 1.82) is 0 Å². The lowest BCUT2D eigenvalue weighted by molar-refractivity contribution is -0.142. The van der Waals surface area contributed by atoms with Crippen LogP contribution >= 0.6 is 15.9 Å². The van der Waals surface area contributed by atoms with E-state index in [0.717, 1.165) is 28.4 Å². The number of halogens is 1. The predicted molar refractivity (Wildman–Crippen MR) is 119 cm³/mol. The molecule has 5 nitrogen and oxygen atoms in total. The Bertz CT molecular complexity index is 808. The molecule has 0 saturated carbocycles. The van der Waals surface area contributed by atoms with Crippen molar-refractivity contribution in [3.8, 4) is 5.75 Å². The van der Waals surface area contributed by atoms with Crippen molar-refractivity contribution in [2.45, 2.75) is 46.2 Å². The molecule has 1 N–H and O–H groups in total. The SMILES string of the molecule is CCCCNC(=O)C(C)N(Cc1cccc(C)c1)C(=O)COc1ccc(Br)cc1. The molecular weight excluding hydrogens is 432 g/mol. The van der Waals surface area contributed by atoms with Gasteiger partial charge in [-0.25, -0.2) is 0 Å². The van der Waals surface area contributed by atoms with Crippen LogP contribution in [0.15, 0.2) is 53.0 Å². The fraction of sp³-hybridized carbons (Fsp3) is 0.391. The summed E-state index contributed by atoms with van der Waals surface area (Å²) < 4.78 is 6.59. The van der Waals surface area contributed by atoms with Crippen molar-refractivity contribution in [2.24, 2.45) is 0 Å². The van der Waals surface area contributed by atoms with Crippen LogP contribution in [-0.4, -0.2) is 35.9 Å². The second kappa shape index (κ2) is 11.6. The average molecular weight is 461 g/mol. The largest absolute Gasteiger partial charge is 0.484 e. The number of hydrogen-bond acceptors (Lipinski definition) is 3. The van der Waals surface area contributed by atoms with Gasteiger partial charge in [0.1, 0.15) is 11.8 Å².